The van der Waals surface area contributed by atoms with Gasteiger partial charge in [0.05, 0.1) is 12.8 Å². The van der Waals surface area contributed by atoms with Crippen molar-refractivity contribution in [3.8, 4) is 22.8 Å². The lowest BCUT2D eigenvalue weighted by atomic mass is 10.1. The Labute approximate surface area is 142 Å². The molecule has 1 heterocycles. The third-order valence-electron chi connectivity index (χ3n) is 3.58. The van der Waals surface area contributed by atoms with Crippen LogP contribution in [0.5, 0.6) is 11.5 Å². The fourth-order valence-electron chi connectivity index (χ4n) is 2.28. The highest BCUT2D eigenvalue weighted by Crippen LogP contribution is 2.31. The quantitative estimate of drug-likeness (QED) is 0.754. The van der Waals surface area contributed by atoms with E-state index in [9.17, 15) is 14.3 Å². The predicted octanol–water partition coefficient (Wildman–Crippen LogP) is 3.76. The number of nitrogens with one attached hydrogen (secondary N) is 1. The average molecular weight is 342 g/mol. The number of hydrogen-bond donors (Lipinski definition) is 2. The van der Waals surface area contributed by atoms with Crippen LogP contribution in [0.4, 0.5) is 10.1 Å². The van der Waals surface area contributed by atoms with E-state index in [0.29, 0.717) is 11.3 Å². The van der Waals surface area contributed by atoms with Gasteiger partial charge >= 0.3 is 0 Å². The fourth-order valence-corrected chi connectivity index (χ4v) is 2.28. The summed E-state index contributed by atoms with van der Waals surface area (Å²) in [6.45, 7) is 1.79. The SMILES string of the molecule is COc1ccc(-c2cc(C(=O)Nc3cc(C)ccc3F)no2)cc1O. The highest BCUT2D eigenvalue weighted by Gasteiger charge is 2.16. The van der Waals surface area contributed by atoms with Gasteiger partial charge in [0.2, 0.25) is 0 Å². The standard InChI is InChI=1S/C18H15FN2O4/c1-10-3-5-12(19)13(7-10)20-18(23)14-9-17(25-21-14)11-4-6-16(24-2)15(22)8-11/h3-9,22H,1-2H3,(H,20,23). The van der Waals surface area contributed by atoms with Gasteiger partial charge in [-0.2, -0.15) is 0 Å². The Kier molecular flexibility index (Phi) is 4.38. The van der Waals surface area contributed by atoms with Crippen LogP contribution in [0.2, 0.25) is 0 Å². The first kappa shape index (κ1) is 16.5. The number of aromatic nitrogens is 1. The highest BCUT2D eigenvalue weighted by molar-refractivity contribution is 6.03. The van der Waals surface area contributed by atoms with Gasteiger partial charge in [0, 0.05) is 11.6 Å². The normalized spacial score (nSPS) is 10.5. The number of aryl methyl sites for hydroxylation is 1. The molecule has 3 aromatic rings. The van der Waals surface area contributed by atoms with Gasteiger partial charge in [-0.05, 0) is 42.8 Å². The number of halogens is 1. The van der Waals surface area contributed by atoms with E-state index in [-0.39, 0.29) is 22.9 Å². The van der Waals surface area contributed by atoms with E-state index in [2.05, 4.69) is 10.5 Å². The summed E-state index contributed by atoms with van der Waals surface area (Å²) >= 11 is 0. The molecule has 128 valence electrons. The average Bonchev–Trinajstić information content (AvgIpc) is 3.08. The topological polar surface area (TPSA) is 84.6 Å². The van der Waals surface area contributed by atoms with Crippen LogP contribution in [0, 0.1) is 12.7 Å². The molecule has 2 aromatic carbocycles. The molecule has 0 unspecified atom stereocenters. The van der Waals surface area contributed by atoms with Crippen LogP contribution in [-0.4, -0.2) is 23.3 Å². The molecule has 0 spiro atoms. The molecule has 3 rings (SSSR count). The Balaban J connectivity index is 1.82. The maximum absolute atomic E-state index is 13.7. The molecule has 0 atom stereocenters. The van der Waals surface area contributed by atoms with Crippen molar-refractivity contribution in [2.45, 2.75) is 6.92 Å². The van der Waals surface area contributed by atoms with E-state index in [4.69, 9.17) is 9.26 Å². The Morgan fingerprint density at radius 3 is 2.76 bits per heavy atom. The number of amides is 1. The number of rotatable bonds is 4. The van der Waals surface area contributed by atoms with Crippen LogP contribution < -0.4 is 10.1 Å². The molecule has 0 aliphatic rings. The van der Waals surface area contributed by atoms with Crippen molar-refractivity contribution in [1.82, 2.24) is 5.16 Å². The van der Waals surface area contributed by atoms with Gasteiger partial charge in [0.15, 0.2) is 23.0 Å². The lowest BCUT2D eigenvalue weighted by Gasteiger charge is -2.05. The zero-order valence-electron chi connectivity index (χ0n) is 13.5. The lowest BCUT2D eigenvalue weighted by molar-refractivity contribution is 0.101. The predicted molar refractivity (Wildman–Crippen MR) is 89.2 cm³/mol. The molecule has 0 saturated carbocycles. The van der Waals surface area contributed by atoms with Gasteiger partial charge in [0.1, 0.15) is 5.82 Å². The van der Waals surface area contributed by atoms with E-state index in [0.717, 1.165) is 5.56 Å². The first-order valence-electron chi connectivity index (χ1n) is 7.39. The summed E-state index contributed by atoms with van der Waals surface area (Å²) in [4.78, 5) is 12.2. The van der Waals surface area contributed by atoms with Gasteiger partial charge in [-0.3, -0.25) is 4.79 Å². The summed E-state index contributed by atoms with van der Waals surface area (Å²) in [7, 11) is 1.44. The molecule has 0 aliphatic carbocycles. The lowest BCUT2D eigenvalue weighted by Crippen LogP contribution is -2.13. The van der Waals surface area contributed by atoms with Crippen molar-refractivity contribution in [2.24, 2.45) is 0 Å². The first-order chi connectivity index (χ1) is 12.0. The van der Waals surface area contributed by atoms with Crippen LogP contribution >= 0.6 is 0 Å². The van der Waals surface area contributed by atoms with Crippen molar-refractivity contribution in [3.63, 3.8) is 0 Å². The second kappa shape index (κ2) is 6.64. The van der Waals surface area contributed by atoms with Crippen molar-refractivity contribution in [3.05, 3.63) is 59.5 Å². The van der Waals surface area contributed by atoms with Crippen LogP contribution in [0.3, 0.4) is 0 Å². The zero-order chi connectivity index (χ0) is 18.0. The summed E-state index contributed by atoms with van der Waals surface area (Å²) in [6, 6.07) is 10.5. The zero-order valence-corrected chi connectivity index (χ0v) is 13.5. The van der Waals surface area contributed by atoms with Gasteiger partial charge < -0.3 is 19.7 Å². The summed E-state index contributed by atoms with van der Waals surface area (Å²) < 4.78 is 23.8. The number of hydrogen-bond acceptors (Lipinski definition) is 5. The van der Waals surface area contributed by atoms with Gasteiger partial charge in [-0.1, -0.05) is 11.2 Å². The number of aromatic hydroxyl groups is 1. The second-order valence-electron chi connectivity index (χ2n) is 5.40. The number of carbonyl (C=O) groups is 1. The smallest absolute Gasteiger partial charge is 0.277 e. The van der Waals surface area contributed by atoms with E-state index in [1.807, 2.05) is 0 Å². The third-order valence-corrected chi connectivity index (χ3v) is 3.58. The number of benzene rings is 2. The minimum absolute atomic E-state index is 0.00814. The summed E-state index contributed by atoms with van der Waals surface area (Å²) in [6.07, 6.45) is 0. The maximum atomic E-state index is 13.7. The van der Waals surface area contributed by atoms with Crippen LogP contribution in [0.1, 0.15) is 16.1 Å². The Hall–Kier alpha value is -3.35. The number of anilines is 1. The number of methoxy groups -OCH3 is 1. The maximum Gasteiger partial charge on any atom is 0.277 e. The van der Waals surface area contributed by atoms with E-state index in [1.165, 1.54) is 31.4 Å². The summed E-state index contributed by atoms with van der Waals surface area (Å²) in [5, 5.41) is 16.0. The molecule has 7 heteroatoms. The molecular weight excluding hydrogens is 327 g/mol. The van der Waals surface area contributed by atoms with Crippen molar-refractivity contribution >= 4 is 11.6 Å². The van der Waals surface area contributed by atoms with E-state index >= 15 is 0 Å². The molecule has 0 saturated heterocycles. The monoisotopic (exact) mass is 342 g/mol. The molecule has 0 radical (unpaired) electrons. The molecular formula is C18H15FN2O4. The number of phenols is 1. The summed E-state index contributed by atoms with van der Waals surface area (Å²) in [5.41, 5.74) is 1.39. The largest absolute Gasteiger partial charge is 0.504 e. The minimum atomic E-state index is -0.600. The molecule has 0 fully saturated rings. The fraction of sp³-hybridized carbons (Fsp3) is 0.111. The van der Waals surface area contributed by atoms with Crippen LogP contribution in [0.15, 0.2) is 47.0 Å². The number of ether oxygens (including phenoxy) is 1. The number of nitrogens with zero attached hydrogens (tertiary/aromatic N) is 1. The minimum Gasteiger partial charge on any atom is -0.504 e. The Morgan fingerprint density at radius 1 is 1.24 bits per heavy atom. The molecule has 6 nitrogen and oxygen atoms in total. The molecule has 2 N–H and O–H groups in total. The van der Waals surface area contributed by atoms with Gasteiger partial charge in [-0.25, -0.2) is 4.39 Å². The van der Waals surface area contributed by atoms with Gasteiger partial charge in [0.25, 0.3) is 5.91 Å². The first-order valence-corrected chi connectivity index (χ1v) is 7.39. The van der Waals surface area contributed by atoms with Crippen LogP contribution in [-0.2, 0) is 0 Å². The van der Waals surface area contributed by atoms with Crippen molar-refractivity contribution in [1.29, 1.82) is 0 Å². The van der Waals surface area contributed by atoms with E-state index < -0.39 is 11.7 Å². The Morgan fingerprint density at radius 2 is 2.04 bits per heavy atom. The second-order valence-corrected chi connectivity index (χ2v) is 5.40. The number of carbonyl (C=O) groups excluding carboxylic acids is 1. The molecule has 1 aromatic heterocycles. The van der Waals surface area contributed by atoms with Crippen molar-refractivity contribution in [2.75, 3.05) is 12.4 Å². The number of phenolic OH excluding ortho intramolecular Hbond substituents is 1. The summed E-state index contributed by atoms with van der Waals surface area (Å²) in [5.74, 6) is -0.604. The molecule has 25 heavy (non-hydrogen) atoms. The Bertz CT molecular complexity index is 937. The molecule has 0 aliphatic heterocycles. The molecule has 1 amide bonds. The highest BCUT2D eigenvalue weighted by atomic mass is 19.1. The van der Waals surface area contributed by atoms with Crippen molar-refractivity contribution < 1.29 is 23.6 Å². The molecule has 0 bridgehead atoms. The van der Waals surface area contributed by atoms with Crippen LogP contribution in [0.25, 0.3) is 11.3 Å². The van der Waals surface area contributed by atoms with E-state index in [1.54, 1.807) is 25.1 Å². The van der Waals surface area contributed by atoms with Gasteiger partial charge in [-0.15, -0.1) is 0 Å². The third kappa shape index (κ3) is 3.45.